The molecule has 23 nitrogen and oxygen atoms in total. The molecule has 2 saturated heterocycles. The Morgan fingerprint density at radius 2 is 1.07 bits per heavy atom. The highest BCUT2D eigenvalue weighted by Crippen LogP contribution is 2.40. The predicted molar refractivity (Wildman–Crippen MR) is 225 cm³/mol. The van der Waals surface area contributed by atoms with Gasteiger partial charge >= 0.3 is 47.8 Å². The maximum Gasteiger partial charge on any atom is 0.308 e. The summed E-state index contributed by atoms with van der Waals surface area (Å²) in [6, 6.07) is 6.44. The summed E-state index contributed by atoms with van der Waals surface area (Å²) in [5, 5.41) is -0.803. The first-order valence-electron chi connectivity index (χ1n) is 20.5. The number of esters is 8. The Labute approximate surface area is 391 Å². The van der Waals surface area contributed by atoms with E-state index in [2.05, 4.69) is 0 Å². The van der Waals surface area contributed by atoms with E-state index in [0.717, 1.165) is 67.5 Å². The minimum absolute atomic E-state index is 0.0465. The zero-order chi connectivity index (χ0) is 50.3. The Morgan fingerprint density at radius 3 is 1.62 bits per heavy atom. The highest BCUT2D eigenvalue weighted by atomic mass is 35.5. The SMILES string of the molecule is COc1ccc(-c2oc3cc(O[C@@H]4O[C@H](CO[C@@H]5O[C@@H](C)[C@H](OC(C)=O)[C@@H](OC(C)=O)[C@H]5OC(C)=O)[C@@H](OC(C)=O)[C@H](OC(C)=O)[C@H]4OC(C)=O)cc(OC(C)=O)c3c(=O)c2Cl)cc1OC(C)=O. The van der Waals surface area contributed by atoms with Gasteiger partial charge in [-0.2, -0.15) is 0 Å². The van der Waals surface area contributed by atoms with E-state index in [-0.39, 0.29) is 39.5 Å². The predicted octanol–water partition coefficient (Wildman–Crippen LogP) is 3.43. The molecule has 5 rings (SSSR count). The van der Waals surface area contributed by atoms with E-state index in [1.807, 2.05) is 0 Å². The molecule has 3 aromatic rings. The number of benzene rings is 2. The topological polar surface area (TPSA) is 287 Å². The summed E-state index contributed by atoms with van der Waals surface area (Å²) in [4.78, 5) is 113. The van der Waals surface area contributed by atoms with Gasteiger partial charge in [0.25, 0.3) is 0 Å². The van der Waals surface area contributed by atoms with E-state index in [1.165, 1.54) is 32.2 Å². The Morgan fingerprint density at radius 1 is 0.574 bits per heavy atom. The van der Waals surface area contributed by atoms with E-state index in [4.69, 9.17) is 77.6 Å². The van der Waals surface area contributed by atoms with Gasteiger partial charge < -0.3 is 66.0 Å². The van der Waals surface area contributed by atoms with Crippen molar-refractivity contribution >= 4 is 70.3 Å². The molecule has 368 valence electrons. The van der Waals surface area contributed by atoms with Gasteiger partial charge in [-0.3, -0.25) is 43.2 Å². The molecule has 0 aliphatic carbocycles. The first-order valence-corrected chi connectivity index (χ1v) is 20.8. The van der Waals surface area contributed by atoms with Gasteiger partial charge in [0.2, 0.25) is 17.8 Å². The van der Waals surface area contributed by atoms with Gasteiger partial charge in [0.1, 0.15) is 33.6 Å². The van der Waals surface area contributed by atoms with Crippen LogP contribution in [0.25, 0.3) is 22.3 Å². The number of fused-ring (bicyclic) bond motifs is 1. The highest BCUT2D eigenvalue weighted by molar-refractivity contribution is 6.33. The minimum Gasteiger partial charge on any atom is -0.493 e. The van der Waals surface area contributed by atoms with E-state index in [1.54, 1.807) is 0 Å². The molecule has 0 saturated carbocycles. The van der Waals surface area contributed by atoms with Crippen molar-refractivity contribution in [3.63, 3.8) is 0 Å². The first-order chi connectivity index (χ1) is 32.0. The van der Waals surface area contributed by atoms with Crippen molar-refractivity contribution < 1.29 is 104 Å². The molecule has 10 atom stereocenters. The summed E-state index contributed by atoms with van der Waals surface area (Å²) in [6.07, 6.45) is -15.6. The molecule has 1 aromatic heterocycles. The lowest BCUT2D eigenvalue weighted by Crippen LogP contribution is -2.64. The standard InChI is InChI=1S/C44H47ClO23/c1-17-36(60-20(4)48)39(62-22(6)50)41(64-24(8)52)43(57-17)56-16-32-38(61-21(5)49)40(63-23(7)51)42(65-25(9)53)44(68-32)66-27-14-30(59-19(3)47)33-31(15-27)67-37(34(45)35(33)54)26-11-12-28(55-10)29(13-26)58-18(2)46/h11-15,17,32,36,38-44H,16H2,1-10H3/t17-,32+,36-,38+,39+,40-,41+,42+,43+,44+/m0/s1. The van der Waals surface area contributed by atoms with Crippen molar-refractivity contribution in [2.24, 2.45) is 0 Å². The number of halogens is 1. The molecule has 2 fully saturated rings. The van der Waals surface area contributed by atoms with E-state index in [0.29, 0.717) is 0 Å². The summed E-state index contributed by atoms with van der Waals surface area (Å²) in [5.74, 6) is -7.78. The average molecular weight is 979 g/mol. The zero-order valence-corrected chi connectivity index (χ0v) is 38.9. The van der Waals surface area contributed by atoms with Crippen LogP contribution < -0.4 is 24.4 Å². The minimum atomic E-state index is -1.85. The van der Waals surface area contributed by atoms with Crippen molar-refractivity contribution in [1.29, 1.82) is 0 Å². The molecule has 0 spiro atoms. The van der Waals surface area contributed by atoms with Gasteiger partial charge in [-0.25, -0.2) is 0 Å². The Kier molecular flexibility index (Phi) is 17.1. The third-order valence-corrected chi connectivity index (χ3v) is 9.96. The second kappa shape index (κ2) is 22.3. The summed E-state index contributed by atoms with van der Waals surface area (Å²) in [7, 11) is 1.34. The fraction of sp³-hybridized carbons (Fsp3) is 0.477. The monoisotopic (exact) mass is 978 g/mol. The van der Waals surface area contributed by atoms with Crippen molar-refractivity contribution in [1.82, 2.24) is 0 Å². The average Bonchev–Trinajstić information content (AvgIpc) is 3.21. The van der Waals surface area contributed by atoms with E-state index < -0.39 is 132 Å². The molecule has 0 N–H and O–H groups in total. The maximum atomic E-state index is 13.9. The third-order valence-electron chi connectivity index (χ3n) is 9.62. The lowest BCUT2D eigenvalue weighted by molar-refractivity contribution is -0.323. The Balaban J connectivity index is 1.62. The largest absolute Gasteiger partial charge is 0.493 e. The van der Waals surface area contributed by atoms with Crippen molar-refractivity contribution in [3.05, 3.63) is 45.6 Å². The smallest absolute Gasteiger partial charge is 0.308 e. The van der Waals surface area contributed by atoms with Crippen molar-refractivity contribution in [2.45, 2.75) is 124 Å². The van der Waals surface area contributed by atoms with Crippen LogP contribution in [0.3, 0.4) is 0 Å². The first kappa shape index (κ1) is 52.2. The second-order valence-corrected chi connectivity index (χ2v) is 15.4. The molecular formula is C44H47ClO23. The summed E-state index contributed by atoms with van der Waals surface area (Å²) in [6.45, 7) is 9.22. The molecule has 2 aliphatic rings. The number of hydrogen-bond donors (Lipinski definition) is 0. The summed E-state index contributed by atoms with van der Waals surface area (Å²) in [5.41, 5.74) is -1.04. The molecule has 0 unspecified atom stereocenters. The maximum absolute atomic E-state index is 13.9. The molecule has 0 radical (unpaired) electrons. The van der Waals surface area contributed by atoms with Crippen LogP contribution in [0.15, 0.2) is 39.5 Å². The van der Waals surface area contributed by atoms with Crippen LogP contribution in [-0.4, -0.2) is 123 Å². The van der Waals surface area contributed by atoms with Crippen LogP contribution >= 0.6 is 11.6 Å². The summed E-state index contributed by atoms with van der Waals surface area (Å²) >= 11 is 6.57. The van der Waals surface area contributed by atoms with E-state index in [9.17, 15) is 43.2 Å². The van der Waals surface area contributed by atoms with Crippen LogP contribution in [0.1, 0.15) is 62.3 Å². The highest BCUT2D eigenvalue weighted by Gasteiger charge is 2.55. The lowest BCUT2D eigenvalue weighted by Gasteiger charge is -2.46. The van der Waals surface area contributed by atoms with Gasteiger partial charge in [0.05, 0.1) is 19.8 Å². The molecule has 68 heavy (non-hydrogen) atoms. The van der Waals surface area contributed by atoms with Gasteiger partial charge in [-0.15, -0.1) is 0 Å². The molecule has 0 bridgehead atoms. The fourth-order valence-electron chi connectivity index (χ4n) is 7.29. The number of carbonyl (C=O) groups excluding carboxylic acids is 8. The second-order valence-electron chi connectivity index (χ2n) is 15.1. The van der Waals surface area contributed by atoms with Crippen LogP contribution in [-0.2, 0) is 81.0 Å². The summed E-state index contributed by atoms with van der Waals surface area (Å²) < 4.78 is 79.7. The van der Waals surface area contributed by atoms with Crippen LogP contribution in [0.2, 0.25) is 5.02 Å². The number of methoxy groups -OCH3 is 1. The van der Waals surface area contributed by atoms with Crippen molar-refractivity contribution in [3.8, 4) is 34.3 Å². The molecule has 3 heterocycles. The van der Waals surface area contributed by atoms with Crippen LogP contribution in [0.5, 0.6) is 23.0 Å². The molecular weight excluding hydrogens is 932 g/mol. The molecule has 2 aliphatic heterocycles. The van der Waals surface area contributed by atoms with Gasteiger partial charge in [0.15, 0.2) is 54.1 Å². The number of carbonyl (C=O) groups is 8. The van der Waals surface area contributed by atoms with Crippen molar-refractivity contribution in [2.75, 3.05) is 13.7 Å². The van der Waals surface area contributed by atoms with Crippen LogP contribution in [0.4, 0.5) is 0 Å². The number of hydrogen-bond acceptors (Lipinski definition) is 23. The number of ether oxygens (including phenoxy) is 13. The Bertz CT molecular complexity index is 2520. The zero-order valence-electron chi connectivity index (χ0n) is 38.1. The molecule has 0 amide bonds. The number of rotatable bonds is 15. The fourth-order valence-corrected chi connectivity index (χ4v) is 7.53. The third kappa shape index (κ3) is 12.8. The quantitative estimate of drug-likeness (QED) is 0.120. The van der Waals surface area contributed by atoms with Crippen LogP contribution in [0, 0.1) is 0 Å². The van der Waals surface area contributed by atoms with Gasteiger partial charge in [-0.1, -0.05) is 11.6 Å². The van der Waals surface area contributed by atoms with Gasteiger partial charge in [-0.05, 0) is 25.1 Å². The normalized spacial score (nSPS) is 24.3. The lowest BCUT2D eigenvalue weighted by atomic mass is 9.97. The molecule has 24 heteroatoms. The Hall–Kier alpha value is -6.82. The van der Waals surface area contributed by atoms with Gasteiger partial charge in [0, 0.05) is 73.1 Å². The molecule has 2 aromatic carbocycles. The van der Waals surface area contributed by atoms with E-state index >= 15 is 0 Å².